The van der Waals surface area contributed by atoms with E-state index in [4.69, 9.17) is 9.47 Å². The van der Waals surface area contributed by atoms with Crippen molar-refractivity contribution < 1.29 is 24.2 Å². The topological polar surface area (TPSA) is 105 Å². The Hall–Kier alpha value is -2.23. The van der Waals surface area contributed by atoms with Crippen molar-refractivity contribution in [3.63, 3.8) is 0 Å². The first-order valence-electron chi connectivity index (χ1n) is 8.09. The van der Waals surface area contributed by atoms with Crippen LogP contribution in [0.4, 0.5) is 10.6 Å². The molecule has 0 aliphatic carbocycles. The van der Waals surface area contributed by atoms with Gasteiger partial charge in [0.25, 0.3) is 0 Å². The summed E-state index contributed by atoms with van der Waals surface area (Å²) in [7, 11) is 1.49. The van der Waals surface area contributed by atoms with Crippen LogP contribution in [-0.4, -0.2) is 76.7 Å². The normalized spacial score (nSPS) is 17.8. The molecule has 1 unspecified atom stereocenters. The summed E-state index contributed by atoms with van der Waals surface area (Å²) in [6.07, 6.45) is 1.31. The van der Waals surface area contributed by atoms with Gasteiger partial charge in [-0.25, -0.2) is 14.6 Å². The third kappa shape index (κ3) is 4.90. The van der Waals surface area contributed by atoms with Gasteiger partial charge in [-0.3, -0.25) is 0 Å². The fraction of sp³-hybridized carbons (Fsp3) is 0.625. The predicted molar refractivity (Wildman–Crippen MR) is 96.9 cm³/mol. The number of nitrogens with zero attached hydrogens (tertiary/aromatic N) is 4. The Morgan fingerprint density at radius 2 is 2.00 bits per heavy atom. The quantitative estimate of drug-likeness (QED) is 0.613. The number of anilines is 1. The molecular weight excluding hydrogens is 360 g/mol. The van der Waals surface area contributed by atoms with Gasteiger partial charge in [0, 0.05) is 19.2 Å². The molecule has 1 aliphatic heterocycles. The molecule has 0 saturated carbocycles. The van der Waals surface area contributed by atoms with E-state index in [9.17, 15) is 14.7 Å². The molecule has 1 saturated heterocycles. The molecule has 0 radical (unpaired) electrons. The molecule has 10 heteroatoms. The number of carboxylic acid groups (broad SMARTS) is 1. The Kier molecular flexibility index (Phi) is 6.17. The Bertz CT molecular complexity index is 657. The molecule has 0 aromatic carbocycles. The van der Waals surface area contributed by atoms with Gasteiger partial charge in [-0.2, -0.15) is 4.98 Å². The maximum absolute atomic E-state index is 12.3. The number of thioether (sulfide) groups is 1. The second-order valence-corrected chi connectivity index (χ2v) is 7.50. The fourth-order valence-corrected chi connectivity index (χ4v) is 2.86. The molecule has 9 nitrogen and oxygen atoms in total. The number of aliphatic carboxylic acids is 1. The Balaban J connectivity index is 2.24. The van der Waals surface area contributed by atoms with Crippen LogP contribution in [-0.2, 0) is 9.53 Å². The number of ether oxygens (including phenoxy) is 2. The third-order valence-corrected chi connectivity index (χ3v) is 4.22. The number of aromatic nitrogens is 2. The highest BCUT2D eigenvalue weighted by Crippen LogP contribution is 2.25. The number of piperazine rings is 1. The van der Waals surface area contributed by atoms with Gasteiger partial charge < -0.3 is 24.4 Å². The molecule has 2 rings (SSSR count). The summed E-state index contributed by atoms with van der Waals surface area (Å²) in [5.74, 6) is -0.225. The Morgan fingerprint density at radius 1 is 1.31 bits per heavy atom. The first kappa shape index (κ1) is 20.1. The highest BCUT2D eigenvalue weighted by molar-refractivity contribution is 7.98. The molecule has 1 N–H and O–H groups in total. The van der Waals surface area contributed by atoms with Crippen molar-refractivity contribution in [1.29, 1.82) is 0 Å². The summed E-state index contributed by atoms with van der Waals surface area (Å²) in [4.78, 5) is 35.7. The molecule has 1 fully saturated rings. The monoisotopic (exact) mass is 384 g/mol. The van der Waals surface area contributed by atoms with Crippen molar-refractivity contribution in [3.05, 3.63) is 6.07 Å². The summed E-state index contributed by atoms with van der Waals surface area (Å²) in [5, 5.41) is 10.1. The number of rotatable bonds is 4. The van der Waals surface area contributed by atoms with E-state index < -0.39 is 23.7 Å². The summed E-state index contributed by atoms with van der Waals surface area (Å²) in [6.45, 7) is 5.96. The van der Waals surface area contributed by atoms with E-state index in [1.54, 1.807) is 31.7 Å². The van der Waals surface area contributed by atoms with Crippen molar-refractivity contribution in [1.82, 2.24) is 14.9 Å². The van der Waals surface area contributed by atoms with Crippen LogP contribution in [0.2, 0.25) is 0 Å². The molecule has 0 spiro atoms. The highest BCUT2D eigenvalue weighted by atomic mass is 32.2. The zero-order chi connectivity index (χ0) is 19.5. The van der Waals surface area contributed by atoms with Crippen molar-refractivity contribution in [2.75, 3.05) is 37.9 Å². The lowest BCUT2D eigenvalue weighted by molar-refractivity contribution is -0.139. The largest absolute Gasteiger partial charge is 0.481 e. The van der Waals surface area contributed by atoms with Crippen LogP contribution in [0.5, 0.6) is 5.88 Å². The van der Waals surface area contributed by atoms with Crippen LogP contribution in [0.1, 0.15) is 20.8 Å². The summed E-state index contributed by atoms with van der Waals surface area (Å²) >= 11 is 1.34. The molecule has 1 aromatic rings. The van der Waals surface area contributed by atoms with Crippen LogP contribution >= 0.6 is 11.8 Å². The maximum atomic E-state index is 12.3. The van der Waals surface area contributed by atoms with Gasteiger partial charge in [-0.1, -0.05) is 11.8 Å². The summed E-state index contributed by atoms with van der Waals surface area (Å²) in [6, 6.07) is 0.657. The molecule has 1 aliphatic rings. The first-order chi connectivity index (χ1) is 12.1. The molecule has 144 valence electrons. The highest BCUT2D eigenvalue weighted by Gasteiger charge is 2.37. The maximum Gasteiger partial charge on any atom is 0.410 e. The van der Waals surface area contributed by atoms with Crippen molar-refractivity contribution in [2.45, 2.75) is 37.6 Å². The van der Waals surface area contributed by atoms with Crippen LogP contribution in [0, 0.1) is 0 Å². The summed E-state index contributed by atoms with van der Waals surface area (Å²) < 4.78 is 10.5. The van der Waals surface area contributed by atoms with E-state index in [2.05, 4.69) is 9.97 Å². The zero-order valence-corrected chi connectivity index (χ0v) is 16.4. The van der Waals surface area contributed by atoms with E-state index in [0.29, 0.717) is 29.9 Å². The smallest absolute Gasteiger partial charge is 0.410 e. The average molecular weight is 384 g/mol. The molecule has 1 atom stereocenters. The molecule has 1 aromatic heterocycles. The second kappa shape index (κ2) is 7.98. The molecule has 2 heterocycles. The molecule has 26 heavy (non-hydrogen) atoms. The molecule has 1 amide bonds. The second-order valence-electron chi connectivity index (χ2n) is 6.73. The number of carbonyl (C=O) groups is 2. The third-order valence-electron chi connectivity index (χ3n) is 3.67. The van der Waals surface area contributed by atoms with Gasteiger partial charge in [-0.05, 0) is 27.0 Å². The lowest BCUT2D eigenvalue weighted by atomic mass is 10.1. The van der Waals surface area contributed by atoms with Crippen LogP contribution in [0.25, 0.3) is 0 Å². The minimum absolute atomic E-state index is 0.00513. The zero-order valence-electron chi connectivity index (χ0n) is 15.6. The number of carboxylic acids is 1. The molecular formula is C16H24N4O5S. The van der Waals surface area contributed by atoms with Crippen LogP contribution in [0.15, 0.2) is 11.2 Å². The number of hydrogen-bond acceptors (Lipinski definition) is 8. The average Bonchev–Trinajstić information content (AvgIpc) is 2.59. The van der Waals surface area contributed by atoms with Crippen molar-refractivity contribution >= 4 is 29.6 Å². The van der Waals surface area contributed by atoms with E-state index >= 15 is 0 Å². The Labute approximate surface area is 156 Å². The lowest BCUT2D eigenvalue weighted by Crippen LogP contribution is -2.58. The number of hydrogen-bond donors (Lipinski definition) is 1. The molecule has 0 bridgehead atoms. The number of methoxy groups -OCH3 is 1. The van der Waals surface area contributed by atoms with E-state index in [-0.39, 0.29) is 6.54 Å². The summed E-state index contributed by atoms with van der Waals surface area (Å²) in [5.41, 5.74) is -0.639. The van der Waals surface area contributed by atoms with E-state index in [1.807, 2.05) is 6.26 Å². The lowest BCUT2D eigenvalue weighted by Gasteiger charge is -2.40. The SMILES string of the molecule is COc1cc(N2CCN(C(=O)OC(C)(C)C)CC2C(=O)O)nc(SC)n1. The minimum Gasteiger partial charge on any atom is -0.481 e. The van der Waals surface area contributed by atoms with E-state index in [0.717, 1.165) is 0 Å². The van der Waals surface area contributed by atoms with Gasteiger partial charge in [0.05, 0.1) is 13.7 Å². The van der Waals surface area contributed by atoms with Gasteiger partial charge in [0.15, 0.2) is 5.16 Å². The van der Waals surface area contributed by atoms with E-state index in [1.165, 1.54) is 23.8 Å². The predicted octanol–water partition coefficient (Wildman–Crippen LogP) is 1.72. The minimum atomic E-state index is -1.04. The van der Waals surface area contributed by atoms with Gasteiger partial charge in [0.1, 0.15) is 17.5 Å². The standard InChI is InChI=1S/C16H24N4O5S/c1-16(2,3)25-15(23)19-6-7-20(10(9-19)13(21)22)11-8-12(24-4)18-14(17-11)26-5/h8,10H,6-7,9H2,1-5H3,(H,21,22). The van der Waals surface area contributed by atoms with Gasteiger partial charge >= 0.3 is 12.1 Å². The Morgan fingerprint density at radius 3 is 2.54 bits per heavy atom. The van der Waals surface area contributed by atoms with Crippen LogP contribution in [0.3, 0.4) is 0 Å². The van der Waals surface area contributed by atoms with Gasteiger partial charge in [0.2, 0.25) is 5.88 Å². The van der Waals surface area contributed by atoms with Crippen molar-refractivity contribution in [3.8, 4) is 5.88 Å². The van der Waals surface area contributed by atoms with Crippen molar-refractivity contribution in [2.24, 2.45) is 0 Å². The first-order valence-corrected chi connectivity index (χ1v) is 9.31. The number of carbonyl (C=O) groups excluding carboxylic acids is 1. The fourth-order valence-electron chi connectivity index (χ4n) is 2.50. The van der Waals surface area contributed by atoms with Gasteiger partial charge in [-0.15, -0.1) is 0 Å². The van der Waals surface area contributed by atoms with Crippen LogP contribution < -0.4 is 9.64 Å². The number of amides is 1.